The Labute approximate surface area is 191 Å². The van der Waals surface area contributed by atoms with E-state index in [9.17, 15) is 18.3 Å². The van der Waals surface area contributed by atoms with Crippen molar-refractivity contribution in [3.63, 3.8) is 0 Å². The number of halogens is 1. The van der Waals surface area contributed by atoms with Crippen molar-refractivity contribution >= 4 is 38.5 Å². The van der Waals surface area contributed by atoms with Crippen molar-refractivity contribution in [3.8, 4) is 17.0 Å². The van der Waals surface area contributed by atoms with Gasteiger partial charge in [0.2, 0.25) is 10.0 Å². The highest BCUT2D eigenvalue weighted by molar-refractivity contribution is 7.89. The Hall–Kier alpha value is -2.68. The van der Waals surface area contributed by atoms with Crippen LogP contribution in [0.4, 0.5) is 0 Å². The van der Waals surface area contributed by atoms with E-state index in [1.54, 1.807) is 24.3 Å². The van der Waals surface area contributed by atoms with Crippen LogP contribution >= 0.6 is 11.6 Å². The Morgan fingerprint density at radius 2 is 1.78 bits per heavy atom. The van der Waals surface area contributed by atoms with Gasteiger partial charge in [0, 0.05) is 24.0 Å². The lowest BCUT2D eigenvalue weighted by molar-refractivity contribution is 0.0699. The Balaban J connectivity index is 1.82. The molecule has 0 amide bonds. The molecule has 1 aliphatic rings. The first kappa shape index (κ1) is 22.5. The zero-order valence-corrected chi connectivity index (χ0v) is 19.1. The number of carbonyl (C=O) groups is 1. The van der Waals surface area contributed by atoms with E-state index >= 15 is 0 Å². The first-order valence-corrected chi connectivity index (χ1v) is 12.2. The molecule has 4 rings (SSSR count). The molecule has 0 saturated carbocycles. The number of carboxylic acid groups (broad SMARTS) is 1. The molecule has 0 radical (unpaired) electrons. The number of aromatic carboxylic acids is 1. The van der Waals surface area contributed by atoms with Crippen LogP contribution in [-0.4, -0.2) is 49.0 Å². The number of rotatable bonds is 5. The van der Waals surface area contributed by atoms with E-state index in [1.807, 2.05) is 0 Å². The third kappa shape index (κ3) is 4.30. The average molecular weight is 475 g/mol. The maximum Gasteiger partial charge on any atom is 0.336 e. The van der Waals surface area contributed by atoms with E-state index in [0.717, 1.165) is 25.7 Å². The second-order valence-corrected chi connectivity index (χ2v) is 10.1. The number of aromatic nitrogens is 1. The van der Waals surface area contributed by atoms with E-state index in [2.05, 4.69) is 4.98 Å². The van der Waals surface area contributed by atoms with Gasteiger partial charge < -0.3 is 9.84 Å². The topological polar surface area (TPSA) is 96.8 Å². The summed E-state index contributed by atoms with van der Waals surface area (Å²) in [6.07, 6.45) is 3.66. The number of hydrogen-bond acceptors (Lipinski definition) is 5. The maximum atomic E-state index is 13.2. The van der Waals surface area contributed by atoms with Gasteiger partial charge in [-0.05, 0) is 55.3 Å². The predicted octanol–water partition coefficient (Wildman–Crippen LogP) is 4.83. The van der Waals surface area contributed by atoms with E-state index in [4.69, 9.17) is 16.3 Å². The predicted molar refractivity (Wildman–Crippen MR) is 123 cm³/mol. The van der Waals surface area contributed by atoms with Crippen molar-refractivity contribution < 1.29 is 23.1 Å². The van der Waals surface area contributed by atoms with Crippen molar-refractivity contribution in [2.45, 2.75) is 30.6 Å². The highest BCUT2D eigenvalue weighted by Crippen LogP contribution is 2.32. The molecule has 9 heteroatoms. The summed E-state index contributed by atoms with van der Waals surface area (Å²) in [5.74, 6) is -0.666. The third-order valence-corrected chi connectivity index (χ3v) is 7.85. The molecule has 0 aliphatic carbocycles. The van der Waals surface area contributed by atoms with E-state index in [-0.39, 0.29) is 15.8 Å². The van der Waals surface area contributed by atoms with Gasteiger partial charge in [0.1, 0.15) is 5.75 Å². The van der Waals surface area contributed by atoms with Crippen LogP contribution in [0.2, 0.25) is 5.02 Å². The summed E-state index contributed by atoms with van der Waals surface area (Å²) >= 11 is 6.22. The van der Waals surface area contributed by atoms with Gasteiger partial charge in [0.05, 0.1) is 33.8 Å². The molecule has 1 fully saturated rings. The fourth-order valence-corrected chi connectivity index (χ4v) is 5.75. The summed E-state index contributed by atoms with van der Waals surface area (Å²) in [6, 6.07) is 11.0. The van der Waals surface area contributed by atoms with Crippen LogP contribution < -0.4 is 4.74 Å². The van der Waals surface area contributed by atoms with Gasteiger partial charge in [-0.15, -0.1) is 0 Å². The lowest BCUT2D eigenvalue weighted by atomic mass is 10.0. The van der Waals surface area contributed by atoms with Gasteiger partial charge in [0.15, 0.2) is 0 Å². The Kier molecular flexibility index (Phi) is 6.37. The number of ether oxygens (including phenoxy) is 1. The molecule has 7 nitrogen and oxygen atoms in total. The van der Waals surface area contributed by atoms with Crippen LogP contribution in [0.25, 0.3) is 22.2 Å². The first-order valence-electron chi connectivity index (χ1n) is 10.3. The van der Waals surface area contributed by atoms with Crippen molar-refractivity contribution in [2.24, 2.45) is 0 Å². The molecule has 1 aliphatic heterocycles. The number of hydrogen-bond donors (Lipinski definition) is 1. The monoisotopic (exact) mass is 474 g/mol. The lowest BCUT2D eigenvalue weighted by Gasteiger charge is -2.20. The zero-order chi connectivity index (χ0) is 22.9. The van der Waals surface area contributed by atoms with Crippen LogP contribution in [0.3, 0.4) is 0 Å². The van der Waals surface area contributed by atoms with Crippen molar-refractivity contribution in [1.82, 2.24) is 9.29 Å². The van der Waals surface area contributed by atoms with E-state index < -0.39 is 16.0 Å². The molecule has 168 valence electrons. The van der Waals surface area contributed by atoms with Gasteiger partial charge in [-0.1, -0.05) is 24.4 Å². The summed E-state index contributed by atoms with van der Waals surface area (Å²) in [7, 11) is -2.20. The Bertz CT molecular complexity index is 1290. The minimum atomic E-state index is -3.71. The summed E-state index contributed by atoms with van der Waals surface area (Å²) in [4.78, 5) is 16.7. The largest absolute Gasteiger partial charge is 0.495 e. The van der Waals surface area contributed by atoms with Gasteiger partial charge >= 0.3 is 5.97 Å². The van der Waals surface area contributed by atoms with Crippen molar-refractivity contribution in [1.29, 1.82) is 0 Å². The van der Waals surface area contributed by atoms with Gasteiger partial charge in [-0.3, -0.25) is 0 Å². The molecule has 3 aromatic rings. The van der Waals surface area contributed by atoms with E-state index in [0.29, 0.717) is 40.6 Å². The second kappa shape index (κ2) is 9.05. The van der Waals surface area contributed by atoms with Crippen molar-refractivity contribution in [3.05, 3.63) is 53.1 Å². The second-order valence-electron chi connectivity index (χ2n) is 7.71. The van der Waals surface area contributed by atoms with Gasteiger partial charge in [0.25, 0.3) is 0 Å². The minimum Gasteiger partial charge on any atom is -0.495 e. The van der Waals surface area contributed by atoms with Gasteiger partial charge in [-0.2, -0.15) is 4.31 Å². The summed E-state index contributed by atoms with van der Waals surface area (Å²) in [5, 5.41) is 10.5. The molecule has 1 aromatic heterocycles. The Morgan fingerprint density at radius 3 is 2.41 bits per heavy atom. The van der Waals surface area contributed by atoms with Crippen LogP contribution in [0.5, 0.6) is 5.75 Å². The normalized spacial score (nSPS) is 15.4. The Morgan fingerprint density at radius 1 is 1.06 bits per heavy atom. The standard InChI is InChI=1S/C23H23ClN2O5S/c1-31-22-9-6-15(12-19(22)24)21-14-18(23(27)28)17-13-16(7-8-20(17)25-21)32(29,30)26-10-4-2-3-5-11-26/h6-9,12-14H,2-5,10-11H2,1H3,(H,27,28). The summed E-state index contributed by atoms with van der Waals surface area (Å²) in [5.41, 5.74) is 1.41. The highest BCUT2D eigenvalue weighted by atomic mass is 35.5. The van der Waals surface area contributed by atoms with E-state index in [1.165, 1.54) is 29.6 Å². The highest BCUT2D eigenvalue weighted by Gasteiger charge is 2.26. The molecule has 1 saturated heterocycles. The average Bonchev–Trinajstić information content (AvgIpc) is 3.08. The smallest absolute Gasteiger partial charge is 0.336 e. The first-order chi connectivity index (χ1) is 15.3. The number of sulfonamides is 1. The molecule has 1 N–H and O–H groups in total. The molecule has 2 aromatic carbocycles. The fourth-order valence-electron chi connectivity index (χ4n) is 3.95. The summed E-state index contributed by atoms with van der Waals surface area (Å²) < 4.78 is 33.0. The van der Waals surface area contributed by atoms with Crippen LogP contribution in [0.15, 0.2) is 47.4 Å². The zero-order valence-electron chi connectivity index (χ0n) is 17.5. The summed E-state index contributed by atoms with van der Waals surface area (Å²) in [6.45, 7) is 0.948. The molecule has 2 heterocycles. The fraction of sp³-hybridized carbons (Fsp3) is 0.304. The molecule has 0 atom stereocenters. The molecule has 0 unspecified atom stereocenters. The number of methoxy groups -OCH3 is 1. The SMILES string of the molecule is COc1ccc(-c2cc(C(=O)O)c3cc(S(=O)(=O)N4CCCCCC4)ccc3n2)cc1Cl. The molecular formula is C23H23ClN2O5S. The number of fused-ring (bicyclic) bond motifs is 1. The number of benzene rings is 2. The number of pyridine rings is 1. The van der Waals surface area contributed by atoms with Crippen LogP contribution in [0.1, 0.15) is 36.0 Å². The molecule has 32 heavy (non-hydrogen) atoms. The molecule has 0 spiro atoms. The minimum absolute atomic E-state index is 0.0233. The number of nitrogens with zero attached hydrogens (tertiary/aromatic N) is 2. The third-order valence-electron chi connectivity index (χ3n) is 5.66. The van der Waals surface area contributed by atoms with Gasteiger partial charge in [-0.25, -0.2) is 18.2 Å². The van der Waals surface area contributed by atoms with Crippen LogP contribution in [-0.2, 0) is 10.0 Å². The maximum absolute atomic E-state index is 13.2. The van der Waals surface area contributed by atoms with Crippen LogP contribution in [0, 0.1) is 0 Å². The van der Waals surface area contributed by atoms with Crippen molar-refractivity contribution in [2.75, 3.05) is 20.2 Å². The lowest BCUT2D eigenvalue weighted by Crippen LogP contribution is -2.31. The molecule has 0 bridgehead atoms. The molecular weight excluding hydrogens is 452 g/mol. The quantitative estimate of drug-likeness (QED) is 0.569. The number of carboxylic acids is 1.